The van der Waals surface area contributed by atoms with Gasteiger partial charge in [0.25, 0.3) is 0 Å². The van der Waals surface area contributed by atoms with E-state index in [-0.39, 0.29) is 18.4 Å². The van der Waals surface area contributed by atoms with Crippen LogP contribution in [0.4, 0.5) is 0 Å². The van der Waals surface area contributed by atoms with Gasteiger partial charge in [0.15, 0.2) is 5.58 Å². The summed E-state index contributed by atoms with van der Waals surface area (Å²) in [6.07, 6.45) is 0.653. The Balaban J connectivity index is 0.00000161. The van der Waals surface area contributed by atoms with Crippen LogP contribution >= 0.6 is 12.4 Å². The summed E-state index contributed by atoms with van der Waals surface area (Å²) >= 11 is 0. The molecule has 3 aromatic rings. The molecule has 0 saturated heterocycles. The van der Waals surface area contributed by atoms with Gasteiger partial charge < -0.3 is 10.3 Å². The first kappa shape index (κ1) is 15.3. The quantitative estimate of drug-likeness (QED) is 0.779. The largest absolute Gasteiger partial charge is 0.356 e. The smallest absolute Gasteiger partial charge is 0.167 e. The van der Waals surface area contributed by atoms with E-state index in [1.807, 2.05) is 54.6 Å². The van der Waals surface area contributed by atoms with Crippen LogP contribution in [0.25, 0.3) is 16.5 Å². The molecule has 0 radical (unpaired) electrons. The fourth-order valence-corrected chi connectivity index (χ4v) is 2.32. The van der Waals surface area contributed by atoms with Crippen LogP contribution in [-0.2, 0) is 0 Å². The van der Waals surface area contributed by atoms with Crippen molar-refractivity contribution in [2.75, 3.05) is 0 Å². The minimum absolute atomic E-state index is 0. The zero-order chi connectivity index (χ0) is 13.9. The lowest BCUT2D eigenvalue weighted by Crippen LogP contribution is -2.10. The van der Waals surface area contributed by atoms with Gasteiger partial charge in [-0.05, 0) is 29.7 Å². The highest BCUT2D eigenvalue weighted by molar-refractivity contribution is 5.88. The molecule has 1 heterocycles. The van der Waals surface area contributed by atoms with Gasteiger partial charge in [0.05, 0.1) is 0 Å². The van der Waals surface area contributed by atoms with Crippen LogP contribution < -0.4 is 5.73 Å². The maximum Gasteiger partial charge on any atom is 0.167 e. The molecule has 4 heteroatoms. The summed E-state index contributed by atoms with van der Waals surface area (Å²) < 4.78 is 5.31. The number of nitrogens with two attached hydrogens (primary N) is 1. The summed E-state index contributed by atoms with van der Waals surface area (Å²) in [6.45, 7) is 4.11. The van der Waals surface area contributed by atoms with E-state index in [1.54, 1.807) is 0 Å². The summed E-state index contributed by atoms with van der Waals surface area (Å²) in [6, 6.07) is 17.7. The highest BCUT2D eigenvalue weighted by atomic mass is 35.5. The van der Waals surface area contributed by atoms with Crippen LogP contribution in [-0.4, -0.2) is 5.16 Å². The van der Waals surface area contributed by atoms with E-state index in [4.69, 9.17) is 10.3 Å². The number of fused-ring (bicyclic) bond motifs is 1. The molecule has 2 N–H and O–H groups in total. The van der Waals surface area contributed by atoms with E-state index in [9.17, 15) is 0 Å². The summed E-state index contributed by atoms with van der Waals surface area (Å²) in [5, 5.41) is 5.10. The second-order valence-electron chi connectivity index (χ2n) is 4.85. The molecule has 3 nitrogen and oxygen atoms in total. The van der Waals surface area contributed by atoms with Gasteiger partial charge in [0, 0.05) is 11.4 Å². The van der Waals surface area contributed by atoms with E-state index in [0.717, 1.165) is 27.8 Å². The number of halogens is 1. The first-order valence-electron chi connectivity index (χ1n) is 6.59. The van der Waals surface area contributed by atoms with Gasteiger partial charge in [-0.2, -0.15) is 0 Å². The second kappa shape index (κ2) is 6.57. The molecule has 3 rings (SSSR count). The fourth-order valence-electron chi connectivity index (χ4n) is 2.32. The topological polar surface area (TPSA) is 52.0 Å². The van der Waals surface area contributed by atoms with Crippen molar-refractivity contribution in [3.63, 3.8) is 0 Å². The predicted octanol–water partition coefficient (Wildman–Crippen LogP) is 4.35. The van der Waals surface area contributed by atoms with E-state index in [0.29, 0.717) is 6.42 Å². The van der Waals surface area contributed by atoms with Gasteiger partial charge >= 0.3 is 0 Å². The number of hydrogen-bond acceptors (Lipinski definition) is 3. The molecule has 0 aliphatic carbocycles. The third-order valence-corrected chi connectivity index (χ3v) is 3.41. The first-order valence-corrected chi connectivity index (χ1v) is 6.59. The van der Waals surface area contributed by atoms with Crippen LogP contribution in [0.15, 0.2) is 65.7 Å². The lowest BCUT2D eigenvalue weighted by atomic mass is 9.97. The molecule has 21 heavy (non-hydrogen) atoms. The Morgan fingerprint density at radius 1 is 1.10 bits per heavy atom. The molecule has 0 spiro atoms. The molecule has 0 aliphatic heterocycles. The van der Waals surface area contributed by atoms with Crippen molar-refractivity contribution in [1.29, 1.82) is 0 Å². The predicted molar refractivity (Wildman–Crippen MR) is 88.3 cm³/mol. The van der Waals surface area contributed by atoms with Crippen LogP contribution in [0.2, 0.25) is 0 Å². The summed E-state index contributed by atoms with van der Waals surface area (Å²) in [7, 11) is 0. The molecular formula is C17H17ClN2O. The summed E-state index contributed by atoms with van der Waals surface area (Å²) in [5.41, 5.74) is 9.79. The third-order valence-electron chi connectivity index (χ3n) is 3.41. The zero-order valence-electron chi connectivity index (χ0n) is 11.5. The number of para-hydroxylation sites is 1. The fraction of sp³-hybridized carbons (Fsp3) is 0.118. The van der Waals surface area contributed by atoms with Crippen LogP contribution in [0.3, 0.4) is 0 Å². The Labute approximate surface area is 129 Å². The summed E-state index contributed by atoms with van der Waals surface area (Å²) in [4.78, 5) is 0. The standard InChI is InChI=1S/C17H16N2O.ClH/c1-12(11-15(18)13-7-3-2-4-8-13)17-14-9-5-6-10-16(14)20-19-17;/h2-10,15H,1,11,18H2;1H. The van der Waals surface area contributed by atoms with E-state index in [2.05, 4.69) is 11.7 Å². The van der Waals surface area contributed by atoms with Crippen molar-refractivity contribution in [2.24, 2.45) is 5.73 Å². The van der Waals surface area contributed by atoms with Crippen molar-refractivity contribution >= 4 is 28.9 Å². The molecule has 0 fully saturated rings. The first-order chi connectivity index (χ1) is 9.75. The number of aromatic nitrogens is 1. The van der Waals surface area contributed by atoms with Crippen molar-refractivity contribution in [3.05, 3.63) is 72.4 Å². The Morgan fingerprint density at radius 3 is 2.52 bits per heavy atom. The number of nitrogens with zero attached hydrogens (tertiary/aromatic N) is 1. The minimum Gasteiger partial charge on any atom is -0.356 e. The zero-order valence-corrected chi connectivity index (χ0v) is 12.3. The number of rotatable bonds is 4. The molecule has 1 atom stereocenters. The van der Waals surface area contributed by atoms with Crippen LogP contribution in [0.1, 0.15) is 23.7 Å². The van der Waals surface area contributed by atoms with E-state index < -0.39 is 0 Å². The Bertz CT molecular complexity index is 737. The maximum atomic E-state index is 6.23. The van der Waals surface area contributed by atoms with Crippen molar-refractivity contribution in [1.82, 2.24) is 5.16 Å². The van der Waals surface area contributed by atoms with Gasteiger partial charge in [-0.25, -0.2) is 0 Å². The van der Waals surface area contributed by atoms with Gasteiger partial charge in [-0.1, -0.05) is 54.2 Å². The Kier molecular flexibility index (Phi) is 4.78. The lowest BCUT2D eigenvalue weighted by Gasteiger charge is -2.12. The Hall–Kier alpha value is -2.10. The minimum atomic E-state index is -0.0841. The molecule has 0 aliphatic rings. The molecule has 1 aromatic heterocycles. The van der Waals surface area contributed by atoms with Crippen molar-refractivity contribution < 1.29 is 4.52 Å². The molecule has 0 saturated carbocycles. The highest BCUT2D eigenvalue weighted by Crippen LogP contribution is 2.29. The van der Waals surface area contributed by atoms with Gasteiger partial charge in [-0.15, -0.1) is 12.4 Å². The van der Waals surface area contributed by atoms with E-state index >= 15 is 0 Å². The SMILES string of the molecule is C=C(CC(N)c1ccccc1)c1noc2ccccc12.Cl. The average molecular weight is 301 g/mol. The Morgan fingerprint density at radius 2 is 1.76 bits per heavy atom. The molecule has 1 unspecified atom stereocenters. The normalized spacial score (nSPS) is 11.9. The molecule has 108 valence electrons. The van der Waals surface area contributed by atoms with Crippen LogP contribution in [0.5, 0.6) is 0 Å². The monoisotopic (exact) mass is 300 g/mol. The molecule has 0 bridgehead atoms. The van der Waals surface area contributed by atoms with Gasteiger partial charge in [0.1, 0.15) is 5.69 Å². The summed E-state index contributed by atoms with van der Waals surface area (Å²) in [5.74, 6) is 0. The van der Waals surface area contributed by atoms with Gasteiger partial charge in [0.2, 0.25) is 0 Å². The highest BCUT2D eigenvalue weighted by Gasteiger charge is 2.14. The number of hydrogen-bond donors (Lipinski definition) is 1. The van der Waals surface area contributed by atoms with Gasteiger partial charge in [-0.3, -0.25) is 0 Å². The third kappa shape index (κ3) is 3.15. The molecule has 0 amide bonds. The number of benzene rings is 2. The van der Waals surface area contributed by atoms with Crippen LogP contribution in [0, 0.1) is 0 Å². The van der Waals surface area contributed by atoms with Crippen molar-refractivity contribution in [2.45, 2.75) is 12.5 Å². The molecular weight excluding hydrogens is 284 g/mol. The van der Waals surface area contributed by atoms with E-state index in [1.165, 1.54) is 0 Å². The second-order valence-corrected chi connectivity index (χ2v) is 4.85. The molecule has 2 aromatic carbocycles. The lowest BCUT2D eigenvalue weighted by molar-refractivity contribution is 0.453. The maximum absolute atomic E-state index is 6.23. The average Bonchev–Trinajstić information content (AvgIpc) is 2.92. The van der Waals surface area contributed by atoms with Crippen molar-refractivity contribution in [3.8, 4) is 0 Å².